The first-order valence-electron chi connectivity index (χ1n) is 11.2. The minimum Gasteiger partial charge on any atom is -0.598 e. The van der Waals surface area contributed by atoms with Gasteiger partial charge in [-0.15, -0.1) is 4.72 Å². The second kappa shape index (κ2) is 9.34. The van der Waals surface area contributed by atoms with E-state index in [-0.39, 0.29) is 18.7 Å². The molecular formula is C24H36BrNO4S. The molecule has 0 aromatic heterocycles. The van der Waals surface area contributed by atoms with E-state index >= 15 is 0 Å². The highest BCUT2D eigenvalue weighted by molar-refractivity contribution is 9.10. The van der Waals surface area contributed by atoms with E-state index in [1.54, 1.807) is 7.11 Å². The standard InChI is InChI=1S/C24H36BrNO4S/c1-7-16-14-23(12-11-20(16)29-6)15-17-9-10-18(25)13-19(17)24(23,21(27)30-8-2)26-31(28)22(3,4)5/h9-10,13,16,20,26H,7-8,11-12,14-15H2,1-6H3/t16-,20-,23-,24-,31?/m1/s1. The summed E-state index contributed by atoms with van der Waals surface area (Å²) in [5.74, 6) is 0.00495. The van der Waals surface area contributed by atoms with Gasteiger partial charge < -0.3 is 14.0 Å². The number of rotatable bonds is 6. The van der Waals surface area contributed by atoms with Crippen LogP contribution in [0.4, 0.5) is 0 Å². The molecule has 1 spiro atoms. The Hall–Kier alpha value is -0.600. The second-order valence-corrected chi connectivity index (χ2v) is 12.8. The Morgan fingerprint density at radius 2 is 2.06 bits per heavy atom. The van der Waals surface area contributed by atoms with Gasteiger partial charge in [0.15, 0.2) is 5.54 Å². The van der Waals surface area contributed by atoms with Crippen LogP contribution in [0.25, 0.3) is 0 Å². The zero-order valence-electron chi connectivity index (χ0n) is 19.5. The maximum absolute atomic E-state index is 13.9. The van der Waals surface area contributed by atoms with E-state index in [9.17, 15) is 9.35 Å². The lowest BCUT2D eigenvalue weighted by Gasteiger charge is -2.50. The summed E-state index contributed by atoms with van der Waals surface area (Å²) in [6, 6.07) is 6.12. The Morgan fingerprint density at radius 3 is 2.65 bits per heavy atom. The highest BCUT2D eigenvalue weighted by atomic mass is 79.9. The molecule has 0 amide bonds. The summed E-state index contributed by atoms with van der Waals surface area (Å²) in [5, 5.41) is 0. The molecule has 5 atom stereocenters. The summed E-state index contributed by atoms with van der Waals surface area (Å²) < 4.78 is 28.7. The molecule has 1 N–H and O–H groups in total. The molecule has 0 saturated heterocycles. The van der Waals surface area contributed by atoms with Crippen molar-refractivity contribution in [2.75, 3.05) is 13.7 Å². The van der Waals surface area contributed by atoms with Gasteiger partial charge in [-0.2, -0.15) is 0 Å². The van der Waals surface area contributed by atoms with Crippen LogP contribution in [0.2, 0.25) is 0 Å². The van der Waals surface area contributed by atoms with Crippen LogP contribution in [-0.2, 0) is 37.6 Å². The van der Waals surface area contributed by atoms with Crippen molar-refractivity contribution in [2.45, 2.75) is 83.1 Å². The Morgan fingerprint density at radius 1 is 1.35 bits per heavy atom. The fourth-order valence-corrected chi connectivity index (χ4v) is 6.86. The fraction of sp³-hybridized carbons (Fsp3) is 0.708. The molecule has 3 rings (SSSR count). The number of hydrogen-bond acceptors (Lipinski definition) is 5. The Bertz CT molecular complexity index is 813. The number of hydrogen-bond donors (Lipinski definition) is 1. The van der Waals surface area contributed by atoms with Crippen molar-refractivity contribution >= 4 is 33.3 Å². The quantitative estimate of drug-likeness (QED) is 0.426. The van der Waals surface area contributed by atoms with Gasteiger partial charge in [-0.25, -0.2) is 4.79 Å². The SMILES string of the molecule is CCOC(=O)[C@]1(N[S+]([O-])C(C)(C)C)c2cc(Br)ccc2C[C@]12CC[C@@H](OC)[C@H](CC)C2. The second-order valence-electron chi connectivity index (χ2n) is 9.90. The summed E-state index contributed by atoms with van der Waals surface area (Å²) in [7, 11) is 1.78. The first-order chi connectivity index (χ1) is 14.5. The van der Waals surface area contributed by atoms with Crippen LogP contribution in [-0.4, -0.2) is 35.1 Å². The first-order valence-corrected chi connectivity index (χ1v) is 13.2. The van der Waals surface area contributed by atoms with Gasteiger partial charge >= 0.3 is 5.97 Å². The number of esters is 1. The van der Waals surface area contributed by atoms with E-state index in [2.05, 4.69) is 33.6 Å². The molecule has 7 heteroatoms. The maximum Gasteiger partial charge on any atom is 0.336 e. The lowest BCUT2D eigenvalue weighted by atomic mass is 9.58. The zero-order valence-corrected chi connectivity index (χ0v) is 22.0. The molecule has 0 bridgehead atoms. The number of carbonyl (C=O) groups is 1. The normalized spacial score (nSPS) is 31.5. The maximum atomic E-state index is 13.9. The smallest absolute Gasteiger partial charge is 0.336 e. The van der Waals surface area contributed by atoms with E-state index in [0.29, 0.717) is 5.92 Å². The number of nitrogens with one attached hydrogen (secondary N) is 1. The number of ether oxygens (including phenoxy) is 2. The number of halogens is 1. The molecule has 2 aliphatic carbocycles. The Labute approximate surface area is 198 Å². The highest BCUT2D eigenvalue weighted by Gasteiger charge is 2.67. The van der Waals surface area contributed by atoms with Gasteiger partial charge in [-0.1, -0.05) is 35.3 Å². The van der Waals surface area contributed by atoms with E-state index in [1.807, 2.05) is 39.8 Å². The van der Waals surface area contributed by atoms with Crippen LogP contribution in [0.15, 0.2) is 22.7 Å². The summed E-state index contributed by atoms with van der Waals surface area (Å²) >= 11 is 2.14. The average Bonchev–Trinajstić information content (AvgIpc) is 2.96. The molecule has 31 heavy (non-hydrogen) atoms. The average molecular weight is 515 g/mol. The molecule has 1 fully saturated rings. The molecular weight excluding hydrogens is 478 g/mol. The van der Waals surface area contributed by atoms with Gasteiger partial charge in [0, 0.05) is 28.4 Å². The van der Waals surface area contributed by atoms with Crippen molar-refractivity contribution in [3.63, 3.8) is 0 Å². The zero-order chi connectivity index (χ0) is 23.0. The van der Waals surface area contributed by atoms with Crippen molar-refractivity contribution in [3.8, 4) is 0 Å². The van der Waals surface area contributed by atoms with Crippen molar-refractivity contribution in [1.82, 2.24) is 4.72 Å². The van der Waals surface area contributed by atoms with Gasteiger partial charge in [0.05, 0.1) is 12.7 Å². The molecule has 2 aliphatic rings. The molecule has 5 nitrogen and oxygen atoms in total. The third kappa shape index (κ3) is 4.33. The van der Waals surface area contributed by atoms with Crippen LogP contribution in [0, 0.1) is 11.3 Å². The minimum atomic E-state index is -1.45. The fourth-order valence-electron chi connectivity index (χ4n) is 5.51. The number of fused-ring (bicyclic) bond motifs is 1. The van der Waals surface area contributed by atoms with Crippen LogP contribution >= 0.6 is 15.9 Å². The molecule has 0 heterocycles. The van der Waals surface area contributed by atoms with E-state index in [4.69, 9.17) is 9.47 Å². The summed E-state index contributed by atoms with van der Waals surface area (Å²) in [4.78, 5) is 13.9. The van der Waals surface area contributed by atoms with Crippen LogP contribution in [0.3, 0.4) is 0 Å². The van der Waals surface area contributed by atoms with Crippen molar-refractivity contribution in [3.05, 3.63) is 33.8 Å². The monoisotopic (exact) mass is 513 g/mol. The van der Waals surface area contributed by atoms with Crippen LogP contribution < -0.4 is 4.72 Å². The lowest BCUT2D eigenvalue weighted by molar-refractivity contribution is -0.161. The van der Waals surface area contributed by atoms with Crippen LogP contribution in [0.1, 0.15) is 71.4 Å². The predicted octanol–water partition coefficient (Wildman–Crippen LogP) is 5.03. The lowest BCUT2D eigenvalue weighted by Crippen LogP contribution is -2.64. The summed E-state index contributed by atoms with van der Waals surface area (Å²) in [6.45, 7) is 10.1. The number of benzene rings is 1. The van der Waals surface area contributed by atoms with Gasteiger partial charge in [0.2, 0.25) is 0 Å². The number of carbonyl (C=O) groups excluding carboxylic acids is 1. The molecule has 1 aromatic carbocycles. The van der Waals surface area contributed by atoms with Crippen molar-refractivity contribution < 1.29 is 18.8 Å². The Kier molecular flexibility index (Phi) is 7.54. The third-order valence-electron chi connectivity index (χ3n) is 7.10. The molecule has 1 saturated carbocycles. The predicted molar refractivity (Wildman–Crippen MR) is 128 cm³/mol. The molecule has 0 aliphatic heterocycles. The third-order valence-corrected chi connectivity index (χ3v) is 9.19. The summed E-state index contributed by atoms with van der Waals surface area (Å²) in [6.07, 6.45) is 4.41. The van der Waals surface area contributed by atoms with Crippen molar-refractivity contribution in [2.24, 2.45) is 11.3 Å². The Balaban J connectivity index is 2.22. The van der Waals surface area contributed by atoms with Gasteiger partial charge in [0.25, 0.3) is 0 Å². The largest absolute Gasteiger partial charge is 0.598 e. The van der Waals surface area contributed by atoms with Crippen molar-refractivity contribution in [1.29, 1.82) is 0 Å². The molecule has 174 valence electrons. The van der Waals surface area contributed by atoms with Crippen LogP contribution in [0.5, 0.6) is 0 Å². The van der Waals surface area contributed by atoms with E-state index in [0.717, 1.165) is 47.7 Å². The molecule has 1 aromatic rings. The topological polar surface area (TPSA) is 70.6 Å². The van der Waals surface area contributed by atoms with E-state index < -0.39 is 27.1 Å². The van der Waals surface area contributed by atoms with Gasteiger partial charge in [-0.05, 0) is 82.6 Å². The minimum absolute atomic E-state index is 0.180. The van der Waals surface area contributed by atoms with Gasteiger partial charge in [-0.3, -0.25) is 0 Å². The highest BCUT2D eigenvalue weighted by Crippen LogP contribution is 2.60. The first kappa shape index (κ1) is 25.0. The van der Waals surface area contributed by atoms with E-state index in [1.165, 1.54) is 0 Å². The summed E-state index contributed by atoms with van der Waals surface area (Å²) in [5.41, 5.74) is 0.440. The van der Waals surface area contributed by atoms with Gasteiger partial charge in [0.1, 0.15) is 4.75 Å². The number of methoxy groups -OCH3 is 1. The molecule has 1 unspecified atom stereocenters. The molecule has 0 radical (unpaired) electrons.